The monoisotopic (exact) mass is 250 g/mol. The van der Waals surface area contributed by atoms with Crippen molar-refractivity contribution in [2.45, 2.75) is 52.0 Å². The molecule has 1 fully saturated rings. The quantitative estimate of drug-likeness (QED) is 0.635. The first-order valence-electron chi connectivity index (χ1n) is 6.95. The Morgan fingerprint density at radius 1 is 1.50 bits per heavy atom. The van der Waals surface area contributed by atoms with E-state index in [1.165, 1.54) is 25.7 Å². The Kier molecular flexibility index (Phi) is 4.07. The molecule has 1 unspecified atom stereocenters. The van der Waals surface area contributed by atoms with Gasteiger partial charge in [0.05, 0.1) is 5.69 Å². The Bertz CT molecular complexity index is 373. The largest absolute Gasteiger partial charge is 0.276 e. The van der Waals surface area contributed by atoms with Crippen LogP contribution in [0.3, 0.4) is 0 Å². The van der Waals surface area contributed by atoms with Crippen LogP contribution in [0, 0.1) is 11.3 Å². The summed E-state index contributed by atoms with van der Waals surface area (Å²) in [5.74, 6) is 6.43. The molecule has 18 heavy (non-hydrogen) atoms. The molecule has 1 atom stereocenters. The molecule has 1 aliphatic rings. The highest BCUT2D eigenvalue weighted by Crippen LogP contribution is 2.39. The summed E-state index contributed by atoms with van der Waals surface area (Å²) in [6, 6.07) is 2.44. The van der Waals surface area contributed by atoms with E-state index in [4.69, 9.17) is 5.84 Å². The van der Waals surface area contributed by atoms with E-state index in [1.807, 2.05) is 17.9 Å². The second-order valence-electron chi connectivity index (χ2n) is 6.46. The van der Waals surface area contributed by atoms with Crippen LogP contribution < -0.4 is 11.3 Å². The molecule has 0 spiro atoms. The lowest BCUT2D eigenvalue weighted by Gasteiger charge is -2.37. The van der Waals surface area contributed by atoms with Crippen molar-refractivity contribution in [3.63, 3.8) is 0 Å². The summed E-state index contributed by atoms with van der Waals surface area (Å²) in [7, 11) is 1.96. The summed E-state index contributed by atoms with van der Waals surface area (Å²) in [4.78, 5) is 0. The Labute approximate surface area is 110 Å². The average molecular weight is 250 g/mol. The number of rotatable bonds is 4. The number of aryl methyl sites for hydroxylation is 1. The van der Waals surface area contributed by atoms with Crippen LogP contribution in [0.5, 0.6) is 0 Å². The first kappa shape index (κ1) is 13.6. The van der Waals surface area contributed by atoms with Gasteiger partial charge in [-0.05, 0) is 43.1 Å². The molecule has 4 heteroatoms. The minimum absolute atomic E-state index is 0.357. The third-order valence-corrected chi connectivity index (χ3v) is 4.36. The highest BCUT2D eigenvalue weighted by molar-refractivity contribution is 5.02. The molecular weight excluding hydrogens is 224 g/mol. The van der Waals surface area contributed by atoms with Crippen molar-refractivity contribution in [2.24, 2.45) is 24.2 Å². The summed E-state index contributed by atoms with van der Waals surface area (Å²) in [5, 5.41) is 4.44. The molecule has 1 aliphatic carbocycles. The molecule has 0 amide bonds. The predicted octanol–water partition coefficient (Wildman–Crippen LogP) is 2.01. The van der Waals surface area contributed by atoms with Gasteiger partial charge in [-0.1, -0.05) is 13.8 Å². The molecule has 1 heterocycles. The fraction of sp³-hybridized carbons (Fsp3) is 0.786. The van der Waals surface area contributed by atoms with Crippen LogP contribution >= 0.6 is 0 Å². The van der Waals surface area contributed by atoms with Crippen LogP contribution in [-0.4, -0.2) is 15.8 Å². The number of hydrazine groups is 1. The Morgan fingerprint density at radius 3 is 2.67 bits per heavy atom. The molecular formula is C14H26N4. The molecule has 102 valence electrons. The molecule has 4 nitrogen and oxygen atoms in total. The second-order valence-corrected chi connectivity index (χ2v) is 6.46. The first-order chi connectivity index (χ1) is 8.50. The van der Waals surface area contributed by atoms with Gasteiger partial charge in [-0.15, -0.1) is 0 Å². The molecule has 0 aromatic carbocycles. The molecule has 0 bridgehead atoms. The maximum absolute atomic E-state index is 5.74. The summed E-state index contributed by atoms with van der Waals surface area (Å²) in [6.45, 7) is 4.74. The summed E-state index contributed by atoms with van der Waals surface area (Å²) < 4.78 is 1.85. The fourth-order valence-corrected chi connectivity index (χ4v) is 2.98. The SMILES string of the molecule is Cn1ccc(CC(NN)C2CCC(C)(C)CC2)n1. The van der Waals surface area contributed by atoms with Gasteiger partial charge in [0.25, 0.3) is 0 Å². The van der Waals surface area contributed by atoms with Gasteiger partial charge in [-0.25, -0.2) is 0 Å². The first-order valence-corrected chi connectivity index (χ1v) is 6.95. The van der Waals surface area contributed by atoms with Gasteiger partial charge in [0.15, 0.2) is 0 Å². The Morgan fingerprint density at radius 2 is 2.17 bits per heavy atom. The maximum atomic E-state index is 5.74. The minimum Gasteiger partial charge on any atom is -0.276 e. The molecule has 0 saturated heterocycles. The van der Waals surface area contributed by atoms with Crippen molar-refractivity contribution < 1.29 is 0 Å². The highest BCUT2D eigenvalue weighted by atomic mass is 15.3. The zero-order valence-electron chi connectivity index (χ0n) is 11.8. The normalized spacial score (nSPS) is 22.0. The zero-order chi connectivity index (χ0) is 13.2. The number of nitrogens with zero attached hydrogens (tertiary/aromatic N) is 2. The van der Waals surface area contributed by atoms with E-state index >= 15 is 0 Å². The lowest BCUT2D eigenvalue weighted by atomic mass is 9.70. The molecule has 1 aromatic rings. The van der Waals surface area contributed by atoms with Crippen LogP contribution in [0.4, 0.5) is 0 Å². The van der Waals surface area contributed by atoms with E-state index in [1.54, 1.807) is 0 Å². The summed E-state index contributed by atoms with van der Waals surface area (Å²) in [5.41, 5.74) is 4.65. The summed E-state index contributed by atoms with van der Waals surface area (Å²) >= 11 is 0. The van der Waals surface area contributed by atoms with E-state index in [-0.39, 0.29) is 0 Å². The Hall–Kier alpha value is -0.870. The van der Waals surface area contributed by atoms with Gasteiger partial charge in [0.1, 0.15) is 0 Å². The average Bonchev–Trinajstić information content (AvgIpc) is 2.72. The number of aromatic nitrogens is 2. The predicted molar refractivity (Wildman–Crippen MR) is 73.8 cm³/mol. The summed E-state index contributed by atoms with van der Waals surface area (Å²) in [6.07, 6.45) is 8.08. The Balaban J connectivity index is 1.93. The van der Waals surface area contributed by atoms with Crippen LogP contribution in [0.1, 0.15) is 45.2 Å². The molecule has 1 saturated carbocycles. The molecule has 1 aromatic heterocycles. The van der Waals surface area contributed by atoms with Crippen molar-refractivity contribution in [1.29, 1.82) is 0 Å². The second kappa shape index (κ2) is 5.41. The van der Waals surface area contributed by atoms with Crippen molar-refractivity contribution in [3.05, 3.63) is 18.0 Å². The van der Waals surface area contributed by atoms with Crippen LogP contribution in [0.15, 0.2) is 12.3 Å². The van der Waals surface area contributed by atoms with Crippen LogP contribution in [0.2, 0.25) is 0 Å². The number of nitrogens with two attached hydrogens (primary N) is 1. The maximum Gasteiger partial charge on any atom is 0.0640 e. The standard InChI is InChI=1S/C14H26N4/c1-14(2)7-4-11(5-8-14)13(16-15)10-12-6-9-18(3)17-12/h6,9,11,13,16H,4-5,7-8,10,15H2,1-3H3. The van der Waals surface area contributed by atoms with Gasteiger partial charge in [0, 0.05) is 25.7 Å². The molecule has 0 aliphatic heterocycles. The molecule has 2 rings (SSSR count). The van der Waals surface area contributed by atoms with Crippen molar-refractivity contribution in [1.82, 2.24) is 15.2 Å². The van der Waals surface area contributed by atoms with Gasteiger partial charge in [0.2, 0.25) is 0 Å². The van der Waals surface area contributed by atoms with E-state index in [0.717, 1.165) is 12.1 Å². The van der Waals surface area contributed by atoms with Crippen molar-refractivity contribution >= 4 is 0 Å². The lowest BCUT2D eigenvalue weighted by Crippen LogP contribution is -2.44. The number of hydrogen-bond donors (Lipinski definition) is 2. The fourth-order valence-electron chi connectivity index (χ4n) is 2.98. The van der Waals surface area contributed by atoms with Crippen LogP contribution in [-0.2, 0) is 13.5 Å². The van der Waals surface area contributed by atoms with Gasteiger partial charge in [-0.2, -0.15) is 5.10 Å². The topological polar surface area (TPSA) is 55.9 Å². The van der Waals surface area contributed by atoms with Crippen molar-refractivity contribution in [3.8, 4) is 0 Å². The minimum atomic E-state index is 0.357. The van der Waals surface area contributed by atoms with Gasteiger partial charge in [-0.3, -0.25) is 16.0 Å². The smallest absolute Gasteiger partial charge is 0.0640 e. The number of nitrogens with one attached hydrogen (secondary N) is 1. The van der Waals surface area contributed by atoms with E-state index < -0.39 is 0 Å². The van der Waals surface area contributed by atoms with Gasteiger partial charge >= 0.3 is 0 Å². The third-order valence-electron chi connectivity index (χ3n) is 4.36. The lowest BCUT2D eigenvalue weighted by molar-refractivity contribution is 0.160. The van der Waals surface area contributed by atoms with Crippen LogP contribution in [0.25, 0.3) is 0 Å². The molecule has 3 N–H and O–H groups in total. The van der Waals surface area contributed by atoms with E-state index in [0.29, 0.717) is 17.4 Å². The number of hydrogen-bond acceptors (Lipinski definition) is 3. The van der Waals surface area contributed by atoms with Gasteiger partial charge < -0.3 is 0 Å². The van der Waals surface area contributed by atoms with Crippen molar-refractivity contribution in [2.75, 3.05) is 0 Å². The van der Waals surface area contributed by atoms with E-state index in [9.17, 15) is 0 Å². The molecule has 0 radical (unpaired) electrons. The van der Waals surface area contributed by atoms with E-state index in [2.05, 4.69) is 30.4 Å². The zero-order valence-corrected chi connectivity index (χ0v) is 11.8. The highest BCUT2D eigenvalue weighted by Gasteiger charge is 2.31. The third kappa shape index (κ3) is 3.33.